The summed E-state index contributed by atoms with van der Waals surface area (Å²) in [7, 11) is 2.01. The molecule has 1 amide bonds. The molecule has 4 rings (SSSR count). The molecule has 25 heavy (non-hydrogen) atoms. The van der Waals surface area contributed by atoms with Crippen LogP contribution in [0.5, 0.6) is 0 Å². The van der Waals surface area contributed by atoms with Crippen molar-refractivity contribution >= 4 is 5.91 Å². The Hall–Kier alpha value is -0.730. The van der Waals surface area contributed by atoms with Crippen molar-refractivity contribution in [3.63, 3.8) is 0 Å². The highest BCUT2D eigenvalue weighted by atomic mass is 16.7. The van der Waals surface area contributed by atoms with Crippen LogP contribution in [0.1, 0.15) is 51.9 Å². The molecule has 4 fully saturated rings. The van der Waals surface area contributed by atoms with Crippen LogP contribution in [0.15, 0.2) is 0 Å². The summed E-state index contributed by atoms with van der Waals surface area (Å²) >= 11 is 0. The molecule has 2 saturated heterocycles. The molecule has 142 valence electrons. The zero-order valence-corrected chi connectivity index (χ0v) is 15.5. The van der Waals surface area contributed by atoms with Crippen molar-refractivity contribution < 1.29 is 9.63 Å². The SMILES string of the molecule is CCC1NC(C2CCC3C(CC[C@H]3C(=O)NC3CCNN3C)C2)NO1. The molecule has 4 N–H and O–H groups in total. The minimum atomic E-state index is 0.141. The normalized spacial score (nSPS) is 44.8. The van der Waals surface area contributed by atoms with Gasteiger partial charge in [-0.15, -0.1) is 0 Å². The van der Waals surface area contributed by atoms with Gasteiger partial charge >= 0.3 is 0 Å². The summed E-state index contributed by atoms with van der Waals surface area (Å²) in [6.45, 7) is 3.08. The van der Waals surface area contributed by atoms with Gasteiger partial charge in [-0.1, -0.05) is 6.92 Å². The average Bonchev–Trinajstić information content (AvgIpc) is 3.34. The van der Waals surface area contributed by atoms with E-state index >= 15 is 0 Å². The van der Waals surface area contributed by atoms with Gasteiger partial charge in [0, 0.05) is 19.5 Å². The van der Waals surface area contributed by atoms with Crippen LogP contribution in [-0.2, 0) is 9.63 Å². The first-order chi connectivity index (χ1) is 12.2. The molecule has 7 atom stereocenters. The number of rotatable bonds is 4. The van der Waals surface area contributed by atoms with E-state index in [1.54, 1.807) is 0 Å². The van der Waals surface area contributed by atoms with E-state index < -0.39 is 0 Å². The molecule has 0 aromatic carbocycles. The maximum atomic E-state index is 12.8. The van der Waals surface area contributed by atoms with Crippen LogP contribution in [0.4, 0.5) is 0 Å². The number of nitrogens with zero attached hydrogens (tertiary/aromatic N) is 1. The fraction of sp³-hybridized carbons (Fsp3) is 0.944. The topological polar surface area (TPSA) is 77.7 Å². The molecule has 4 aliphatic rings. The minimum Gasteiger partial charge on any atom is -0.339 e. The number of fused-ring (bicyclic) bond motifs is 1. The highest BCUT2D eigenvalue weighted by Crippen LogP contribution is 2.48. The molecule has 2 heterocycles. The fourth-order valence-electron chi connectivity index (χ4n) is 5.40. The van der Waals surface area contributed by atoms with Crippen molar-refractivity contribution in [1.82, 2.24) is 26.5 Å². The highest BCUT2D eigenvalue weighted by Gasteiger charge is 2.46. The third-order valence-corrected chi connectivity index (χ3v) is 6.88. The van der Waals surface area contributed by atoms with Crippen LogP contribution in [0.3, 0.4) is 0 Å². The molecule has 2 aliphatic heterocycles. The first-order valence-corrected chi connectivity index (χ1v) is 10.1. The Bertz CT molecular complexity index is 490. The molecule has 2 aliphatic carbocycles. The second-order valence-electron chi connectivity index (χ2n) is 8.29. The Labute approximate surface area is 150 Å². The van der Waals surface area contributed by atoms with E-state index in [-0.39, 0.29) is 30.4 Å². The zero-order chi connectivity index (χ0) is 17.4. The molecule has 6 unspecified atom stereocenters. The molecular formula is C18H33N5O2. The second-order valence-corrected chi connectivity index (χ2v) is 8.29. The van der Waals surface area contributed by atoms with Crippen molar-refractivity contribution in [2.75, 3.05) is 13.6 Å². The summed E-state index contributed by atoms with van der Waals surface area (Å²) in [5, 5.41) is 8.85. The molecule has 0 radical (unpaired) electrons. The Kier molecular flexibility index (Phi) is 5.29. The predicted octanol–water partition coefficient (Wildman–Crippen LogP) is 0.898. The molecular weight excluding hydrogens is 318 g/mol. The fourth-order valence-corrected chi connectivity index (χ4v) is 5.40. The predicted molar refractivity (Wildman–Crippen MR) is 94.6 cm³/mol. The van der Waals surface area contributed by atoms with Crippen molar-refractivity contribution in [2.24, 2.45) is 23.7 Å². The van der Waals surface area contributed by atoms with Crippen LogP contribution >= 0.6 is 0 Å². The Morgan fingerprint density at radius 1 is 1.20 bits per heavy atom. The van der Waals surface area contributed by atoms with Gasteiger partial charge in [0.1, 0.15) is 6.23 Å². The lowest BCUT2D eigenvalue weighted by molar-refractivity contribution is -0.128. The van der Waals surface area contributed by atoms with E-state index in [9.17, 15) is 4.79 Å². The van der Waals surface area contributed by atoms with Gasteiger partial charge in [0.2, 0.25) is 5.91 Å². The van der Waals surface area contributed by atoms with E-state index in [2.05, 4.69) is 28.5 Å². The Balaban J connectivity index is 1.30. The summed E-state index contributed by atoms with van der Waals surface area (Å²) in [5.41, 5.74) is 6.45. The summed E-state index contributed by atoms with van der Waals surface area (Å²) < 4.78 is 0. The van der Waals surface area contributed by atoms with Gasteiger partial charge in [0.25, 0.3) is 0 Å². The number of amides is 1. The highest BCUT2D eigenvalue weighted by molar-refractivity contribution is 5.79. The van der Waals surface area contributed by atoms with Crippen LogP contribution in [0, 0.1) is 23.7 Å². The lowest BCUT2D eigenvalue weighted by Gasteiger charge is -2.36. The number of carbonyl (C=O) groups is 1. The smallest absolute Gasteiger partial charge is 0.224 e. The van der Waals surface area contributed by atoms with Crippen molar-refractivity contribution in [1.29, 1.82) is 0 Å². The average molecular weight is 351 g/mol. The van der Waals surface area contributed by atoms with Crippen molar-refractivity contribution in [3.8, 4) is 0 Å². The largest absolute Gasteiger partial charge is 0.339 e. The van der Waals surface area contributed by atoms with Crippen molar-refractivity contribution in [3.05, 3.63) is 0 Å². The third-order valence-electron chi connectivity index (χ3n) is 6.88. The number of hydrogen-bond donors (Lipinski definition) is 4. The van der Waals surface area contributed by atoms with Gasteiger partial charge in [-0.3, -0.25) is 20.4 Å². The quantitative estimate of drug-likeness (QED) is 0.603. The summed E-state index contributed by atoms with van der Waals surface area (Å²) in [4.78, 5) is 18.4. The van der Waals surface area contributed by atoms with Crippen LogP contribution in [0.2, 0.25) is 0 Å². The standard InChI is InChI=1S/C18H33N5O2/c1-3-16-21-17(22-25-16)12-5-6-13-11(10-12)4-7-14(13)18(24)20-15-8-9-19-23(15)2/h11-17,19,21-22H,3-10H2,1-2H3,(H,20,24)/t11?,12?,13?,14-,15?,16?,17?/m1/s1. The van der Waals surface area contributed by atoms with E-state index in [1.807, 2.05) is 12.1 Å². The molecule has 2 saturated carbocycles. The molecule has 0 bridgehead atoms. The Morgan fingerprint density at radius 2 is 2.04 bits per heavy atom. The molecule has 0 spiro atoms. The number of hydroxylamine groups is 1. The zero-order valence-electron chi connectivity index (χ0n) is 15.5. The first kappa shape index (κ1) is 17.7. The first-order valence-electron chi connectivity index (χ1n) is 10.1. The number of hydrazine groups is 1. The number of hydrogen-bond acceptors (Lipinski definition) is 6. The summed E-state index contributed by atoms with van der Waals surface area (Å²) in [6, 6.07) is 0. The van der Waals surface area contributed by atoms with Gasteiger partial charge in [0.15, 0.2) is 0 Å². The second kappa shape index (κ2) is 7.48. The van der Waals surface area contributed by atoms with Gasteiger partial charge in [0.05, 0.1) is 12.3 Å². The monoisotopic (exact) mass is 351 g/mol. The number of carbonyl (C=O) groups excluding carboxylic acids is 1. The maximum Gasteiger partial charge on any atom is 0.224 e. The lowest BCUT2D eigenvalue weighted by atomic mass is 9.72. The lowest BCUT2D eigenvalue weighted by Crippen LogP contribution is -2.48. The Morgan fingerprint density at radius 3 is 2.76 bits per heavy atom. The maximum absolute atomic E-state index is 12.8. The van der Waals surface area contributed by atoms with Gasteiger partial charge in [-0.05, 0) is 62.7 Å². The molecule has 7 heteroatoms. The van der Waals surface area contributed by atoms with Crippen LogP contribution in [0.25, 0.3) is 0 Å². The van der Waals surface area contributed by atoms with E-state index in [0.29, 0.717) is 17.8 Å². The summed E-state index contributed by atoms with van der Waals surface area (Å²) in [6.07, 6.45) is 8.35. The van der Waals surface area contributed by atoms with Gasteiger partial charge < -0.3 is 5.32 Å². The summed E-state index contributed by atoms with van der Waals surface area (Å²) in [5.74, 6) is 2.37. The molecule has 0 aromatic heterocycles. The molecule has 0 aromatic rings. The minimum absolute atomic E-state index is 0.141. The van der Waals surface area contributed by atoms with E-state index in [0.717, 1.165) is 25.8 Å². The van der Waals surface area contributed by atoms with Gasteiger partial charge in [-0.2, -0.15) is 5.48 Å². The van der Waals surface area contributed by atoms with Crippen LogP contribution < -0.4 is 21.5 Å². The van der Waals surface area contributed by atoms with E-state index in [1.165, 1.54) is 25.7 Å². The van der Waals surface area contributed by atoms with Gasteiger partial charge in [-0.25, -0.2) is 5.01 Å². The van der Waals surface area contributed by atoms with Crippen molar-refractivity contribution in [2.45, 2.75) is 70.4 Å². The number of nitrogens with one attached hydrogen (secondary N) is 4. The molecule has 7 nitrogen and oxygen atoms in total. The van der Waals surface area contributed by atoms with Crippen LogP contribution in [-0.4, -0.2) is 43.1 Å². The van der Waals surface area contributed by atoms with E-state index in [4.69, 9.17) is 4.84 Å². The third kappa shape index (κ3) is 3.57.